The SMILES string of the molecule is CC1=NN(c2ccc(S(=O)(=O)Nc3ccccc3C(=O)O)cc2)C(=O)C1. The van der Waals surface area contributed by atoms with Gasteiger partial charge in [0.2, 0.25) is 0 Å². The highest BCUT2D eigenvalue weighted by atomic mass is 32.2. The van der Waals surface area contributed by atoms with Gasteiger partial charge in [0, 0.05) is 5.71 Å². The van der Waals surface area contributed by atoms with Crippen LogP contribution in [0.1, 0.15) is 23.7 Å². The molecule has 2 aromatic rings. The fourth-order valence-electron chi connectivity index (χ4n) is 2.49. The van der Waals surface area contributed by atoms with Crippen molar-refractivity contribution in [2.24, 2.45) is 5.10 Å². The molecule has 0 spiro atoms. The van der Waals surface area contributed by atoms with Crippen LogP contribution in [0.2, 0.25) is 0 Å². The molecule has 8 nitrogen and oxygen atoms in total. The molecule has 1 heterocycles. The predicted octanol–water partition coefficient (Wildman–Crippen LogP) is 2.30. The van der Waals surface area contributed by atoms with Crippen LogP contribution in [0, 0.1) is 0 Å². The predicted molar refractivity (Wildman–Crippen MR) is 95.9 cm³/mol. The Kier molecular flexibility index (Phi) is 4.47. The Balaban J connectivity index is 1.87. The first-order valence-electron chi connectivity index (χ1n) is 7.60. The minimum atomic E-state index is -3.99. The molecular formula is C17H15N3O5S. The van der Waals surface area contributed by atoms with E-state index in [-0.39, 0.29) is 28.5 Å². The van der Waals surface area contributed by atoms with Crippen molar-refractivity contribution in [3.63, 3.8) is 0 Å². The summed E-state index contributed by atoms with van der Waals surface area (Å²) in [6, 6.07) is 11.3. The third kappa shape index (κ3) is 3.42. The smallest absolute Gasteiger partial charge is 0.337 e. The van der Waals surface area contributed by atoms with Gasteiger partial charge < -0.3 is 5.11 Å². The number of amides is 1. The van der Waals surface area contributed by atoms with Crippen LogP contribution in [0.5, 0.6) is 0 Å². The topological polar surface area (TPSA) is 116 Å². The number of carbonyl (C=O) groups excluding carboxylic acids is 1. The van der Waals surface area contributed by atoms with Gasteiger partial charge in [-0.05, 0) is 43.3 Å². The lowest BCUT2D eigenvalue weighted by Gasteiger charge is -2.13. The van der Waals surface area contributed by atoms with E-state index in [1.807, 2.05) is 0 Å². The lowest BCUT2D eigenvalue weighted by atomic mass is 10.2. The molecule has 0 radical (unpaired) electrons. The van der Waals surface area contributed by atoms with E-state index >= 15 is 0 Å². The number of nitrogens with zero attached hydrogens (tertiary/aromatic N) is 2. The van der Waals surface area contributed by atoms with Crippen LogP contribution in [-0.2, 0) is 14.8 Å². The monoisotopic (exact) mass is 373 g/mol. The van der Waals surface area contributed by atoms with Crippen molar-refractivity contribution in [3.8, 4) is 0 Å². The van der Waals surface area contributed by atoms with Gasteiger partial charge in [0.1, 0.15) is 0 Å². The van der Waals surface area contributed by atoms with E-state index in [0.29, 0.717) is 11.4 Å². The standard InChI is InChI=1S/C17H15N3O5S/c1-11-10-16(21)20(18-11)12-6-8-13(9-7-12)26(24,25)19-15-5-3-2-4-14(15)17(22)23/h2-9,19H,10H2,1H3,(H,22,23). The maximum atomic E-state index is 12.5. The van der Waals surface area contributed by atoms with Crippen molar-refractivity contribution in [1.82, 2.24) is 0 Å². The molecule has 9 heteroatoms. The zero-order valence-electron chi connectivity index (χ0n) is 13.7. The summed E-state index contributed by atoms with van der Waals surface area (Å²) in [5.74, 6) is -1.42. The highest BCUT2D eigenvalue weighted by molar-refractivity contribution is 7.92. The number of nitrogens with one attached hydrogen (secondary N) is 1. The number of benzene rings is 2. The molecule has 0 saturated heterocycles. The van der Waals surface area contributed by atoms with Crippen molar-refractivity contribution in [1.29, 1.82) is 0 Å². The zero-order valence-corrected chi connectivity index (χ0v) is 14.5. The van der Waals surface area contributed by atoms with Gasteiger partial charge in [-0.3, -0.25) is 9.52 Å². The molecule has 0 unspecified atom stereocenters. The minimum absolute atomic E-state index is 0.0287. The van der Waals surface area contributed by atoms with Crippen LogP contribution in [0.4, 0.5) is 11.4 Å². The molecule has 2 aromatic carbocycles. The largest absolute Gasteiger partial charge is 0.478 e. The summed E-state index contributed by atoms with van der Waals surface area (Å²) in [4.78, 5) is 23.0. The van der Waals surface area contributed by atoms with Crippen LogP contribution in [0.25, 0.3) is 0 Å². The molecule has 1 aliphatic heterocycles. The highest BCUT2D eigenvalue weighted by Gasteiger charge is 2.24. The molecule has 0 fully saturated rings. The maximum Gasteiger partial charge on any atom is 0.337 e. The summed E-state index contributed by atoms with van der Waals surface area (Å²) in [5, 5.41) is 14.5. The fraction of sp³-hybridized carbons (Fsp3) is 0.118. The van der Waals surface area contributed by atoms with Gasteiger partial charge in [0.05, 0.1) is 28.3 Å². The van der Waals surface area contributed by atoms with E-state index in [0.717, 1.165) is 0 Å². The number of carboxylic acid groups (broad SMARTS) is 1. The number of aromatic carboxylic acids is 1. The molecule has 0 atom stereocenters. The van der Waals surface area contributed by atoms with Crippen molar-refractivity contribution >= 4 is 39.0 Å². The zero-order chi connectivity index (χ0) is 18.9. The van der Waals surface area contributed by atoms with E-state index in [4.69, 9.17) is 5.11 Å². The number of para-hydroxylation sites is 1. The summed E-state index contributed by atoms with van der Waals surface area (Å²) >= 11 is 0. The number of sulfonamides is 1. The second-order valence-corrected chi connectivity index (χ2v) is 7.35. The van der Waals surface area contributed by atoms with Crippen molar-refractivity contribution in [2.45, 2.75) is 18.2 Å². The Hall–Kier alpha value is -3.20. The van der Waals surface area contributed by atoms with E-state index in [9.17, 15) is 18.0 Å². The first-order valence-corrected chi connectivity index (χ1v) is 9.08. The number of rotatable bonds is 5. The molecule has 0 aliphatic carbocycles. The van der Waals surface area contributed by atoms with E-state index < -0.39 is 16.0 Å². The summed E-state index contributed by atoms with van der Waals surface area (Å²) in [7, 11) is -3.99. The van der Waals surface area contributed by atoms with Gasteiger partial charge >= 0.3 is 5.97 Å². The van der Waals surface area contributed by atoms with Crippen LogP contribution in [0.3, 0.4) is 0 Å². The van der Waals surface area contributed by atoms with Crippen LogP contribution in [0.15, 0.2) is 58.5 Å². The van der Waals surface area contributed by atoms with Crippen LogP contribution < -0.4 is 9.73 Å². The van der Waals surface area contributed by atoms with Gasteiger partial charge in [-0.25, -0.2) is 18.2 Å². The Labute approximate surface area is 149 Å². The molecule has 0 aromatic heterocycles. The molecule has 0 saturated carbocycles. The van der Waals surface area contributed by atoms with Crippen molar-refractivity contribution in [3.05, 3.63) is 54.1 Å². The average Bonchev–Trinajstić information content (AvgIpc) is 2.93. The molecule has 0 bridgehead atoms. The lowest BCUT2D eigenvalue weighted by Crippen LogP contribution is -2.20. The van der Waals surface area contributed by atoms with Gasteiger partial charge in [0.25, 0.3) is 15.9 Å². The fourth-order valence-corrected chi connectivity index (χ4v) is 3.57. The molecular weight excluding hydrogens is 358 g/mol. The minimum Gasteiger partial charge on any atom is -0.478 e. The Bertz CT molecular complexity index is 1010. The number of carbonyl (C=O) groups is 2. The van der Waals surface area contributed by atoms with Gasteiger partial charge in [0.15, 0.2) is 0 Å². The summed E-state index contributed by atoms with van der Waals surface area (Å²) in [5.41, 5.74) is 0.953. The Morgan fingerprint density at radius 3 is 2.38 bits per heavy atom. The highest BCUT2D eigenvalue weighted by Crippen LogP contribution is 2.24. The van der Waals surface area contributed by atoms with Gasteiger partial charge in [-0.2, -0.15) is 5.10 Å². The Morgan fingerprint density at radius 2 is 1.81 bits per heavy atom. The molecule has 2 N–H and O–H groups in total. The third-order valence-electron chi connectivity index (χ3n) is 3.71. The molecule has 1 aliphatic rings. The number of hydrogen-bond donors (Lipinski definition) is 2. The Morgan fingerprint density at radius 1 is 1.15 bits per heavy atom. The average molecular weight is 373 g/mol. The third-order valence-corrected chi connectivity index (χ3v) is 5.09. The van der Waals surface area contributed by atoms with Gasteiger partial charge in [-0.1, -0.05) is 12.1 Å². The van der Waals surface area contributed by atoms with Gasteiger partial charge in [-0.15, -0.1) is 0 Å². The second kappa shape index (κ2) is 6.60. The molecule has 3 rings (SSSR count). The van der Waals surface area contributed by atoms with Crippen LogP contribution >= 0.6 is 0 Å². The number of hydrogen-bond acceptors (Lipinski definition) is 5. The number of carboxylic acids is 1. The molecule has 1 amide bonds. The van der Waals surface area contributed by atoms with Crippen molar-refractivity contribution in [2.75, 3.05) is 9.73 Å². The normalized spacial score (nSPS) is 14.3. The molecule has 134 valence electrons. The van der Waals surface area contributed by atoms with E-state index in [1.165, 1.54) is 53.5 Å². The summed E-state index contributed by atoms with van der Waals surface area (Å²) in [6.07, 6.45) is 0.230. The lowest BCUT2D eigenvalue weighted by molar-refractivity contribution is -0.116. The number of hydrazone groups is 1. The first-order chi connectivity index (χ1) is 12.3. The van der Waals surface area contributed by atoms with Crippen LogP contribution in [-0.4, -0.2) is 31.1 Å². The van der Waals surface area contributed by atoms with Crippen molar-refractivity contribution < 1.29 is 23.1 Å². The molecule has 26 heavy (non-hydrogen) atoms. The van der Waals surface area contributed by atoms with E-state index in [2.05, 4.69) is 9.82 Å². The second-order valence-electron chi connectivity index (χ2n) is 5.67. The maximum absolute atomic E-state index is 12.5. The van der Waals surface area contributed by atoms with E-state index in [1.54, 1.807) is 6.92 Å². The summed E-state index contributed by atoms with van der Waals surface area (Å²) < 4.78 is 27.3. The number of anilines is 2. The quantitative estimate of drug-likeness (QED) is 0.834. The summed E-state index contributed by atoms with van der Waals surface area (Å²) in [6.45, 7) is 1.74. The first kappa shape index (κ1) is 17.6.